The van der Waals surface area contributed by atoms with E-state index < -0.39 is 0 Å². The molecule has 0 spiro atoms. The third kappa shape index (κ3) is 1.82. The molecule has 2 heteroatoms. The fraction of sp³-hybridized carbons (Fsp3) is 1.00. The molecule has 14 heavy (non-hydrogen) atoms. The number of hydrogen-bond acceptors (Lipinski definition) is 2. The summed E-state index contributed by atoms with van der Waals surface area (Å²) in [5, 5.41) is 3.47. The summed E-state index contributed by atoms with van der Waals surface area (Å²) in [7, 11) is 0. The molecule has 2 heterocycles. The van der Waals surface area contributed by atoms with Gasteiger partial charge in [0.05, 0.1) is 0 Å². The molecule has 3 fully saturated rings. The Morgan fingerprint density at radius 1 is 0.857 bits per heavy atom. The first kappa shape index (κ1) is 9.17. The van der Waals surface area contributed by atoms with E-state index >= 15 is 0 Å². The highest BCUT2D eigenvalue weighted by Crippen LogP contribution is 2.36. The first-order valence-electron chi connectivity index (χ1n) is 6.38. The van der Waals surface area contributed by atoms with Crippen LogP contribution in [0.1, 0.15) is 32.1 Å². The molecular weight excluding hydrogens is 172 g/mol. The van der Waals surface area contributed by atoms with Crippen LogP contribution in [0.15, 0.2) is 0 Å². The highest BCUT2D eigenvalue weighted by molar-refractivity contribution is 4.91. The van der Waals surface area contributed by atoms with Crippen molar-refractivity contribution in [1.29, 1.82) is 0 Å². The summed E-state index contributed by atoms with van der Waals surface area (Å²) >= 11 is 0. The molecule has 1 atom stereocenters. The molecule has 2 saturated heterocycles. The lowest BCUT2D eigenvalue weighted by Crippen LogP contribution is -2.33. The fourth-order valence-corrected chi connectivity index (χ4v) is 3.29. The lowest BCUT2D eigenvalue weighted by Gasteiger charge is -2.28. The summed E-state index contributed by atoms with van der Waals surface area (Å²) < 4.78 is 0. The Kier molecular flexibility index (Phi) is 2.50. The van der Waals surface area contributed by atoms with Gasteiger partial charge in [0.25, 0.3) is 0 Å². The second-order valence-electron chi connectivity index (χ2n) is 5.36. The van der Waals surface area contributed by atoms with Crippen LogP contribution in [-0.4, -0.2) is 37.1 Å². The number of rotatable bonds is 2. The first-order chi connectivity index (χ1) is 6.93. The average Bonchev–Trinajstić information content (AvgIpc) is 2.98. The summed E-state index contributed by atoms with van der Waals surface area (Å²) in [4.78, 5) is 2.76. The van der Waals surface area contributed by atoms with E-state index in [1.54, 1.807) is 0 Å². The molecule has 2 aliphatic heterocycles. The summed E-state index contributed by atoms with van der Waals surface area (Å²) in [6, 6.07) is 1.00. The Morgan fingerprint density at radius 3 is 2.36 bits per heavy atom. The van der Waals surface area contributed by atoms with Crippen LogP contribution in [0.2, 0.25) is 0 Å². The van der Waals surface area contributed by atoms with Crippen molar-refractivity contribution in [2.45, 2.75) is 38.1 Å². The Bertz CT molecular complexity index is 194. The van der Waals surface area contributed by atoms with Gasteiger partial charge in [-0.15, -0.1) is 0 Å². The smallest absolute Gasteiger partial charge is 0.00965 e. The Morgan fingerprint density at radius 2 is 1.64 bits per heavy atom. The van der Waals surface area contributed by atoms with Gasteiger partial charge in [-0.3, -0.25) is 0 Å². The van der Waals surface area contributed by atoms with Gasteiger partial charge in [0.2, 0.25) is 0 Å². The minimum atomic E-state index is 1.00. The first-order valence-corrected chi connectivity index (χ1v) is 6.38. The van der Waals surface area contributed by atoms with Crippen LogP contribution in [0.4, 0.5) is 0 Å². The average molecular weight is 194 g/mol. The largest absolute Gasteiger partial charge is 0.317 e. The minimum absolute atomic E-state index is 1.00. The molecule has 0 amide bonds. The molecule has 0 aromatic rings. The highest BCUT2D eigenvalue weighted by Gasteiger charge is 2.37. The Labute approximate surface area is 87.0 Å². The van der Waals surface area contributed by atoms with E-state index in [0.29, 0.717) is 0 Å². The van der Waals surface area contributed by atoms with Crippen molar-refractivity contribution in [2.75, 3.05) is 26.2 Å². The number of likely N-dealkylation sites (tertiary alicyclic amines) is 1. The molecule has 1 saturated carbocycles. The quantitative estimate of drug-likeness (QED) is 0.716. The van der Waals surface area contributed by atoms with Gasteiger partial charge in [0.1, 0.15) is 0 Å². The maximum Gasteiger partial charge on any atom is 0.00965 e. The van der Waals surface area contributed by atoms with Gasteiger partial charge < -0.3 is 10.2 Å². The zero-order valence-electron chi connectivity index (χ0n) is 9.04. The minimum Gasteiger partial charge on any atom is -0.317 e. The van der Waals surface area contributed by atoms with Crippen molar-refractivity contribution in [3.05, 3.63) is 0 Å². The maximum atomic E-state index is 3.47. The lowest BCUT2D eigenvalue weighted by molar-refractivity contribution is 0.242. The predicted molar refractivity (Wildman–Crippen MR) is 58.3 cm³/mol. The number of hydrogen-bond donors (Lipinski definition) is 1. The third-order valence-corrected chi connectivity index (χ3v) is 4.37. The standard InChI is InChI=1S/C12H22N2/c1-2-12(1)14-8-5-11(9-14)10-3-6-13-7-4-10/h10-13H,1-9H2. The van der Waals surface area contributed by atoms with Gasteiger partial charge in [0, 0.05) is 12.6 Å². The number of nitrogens with one attached hydrogen (secondary N) is 1. The van der Waals surface area contributed by atoms with E-state index in [0.717, 1.165) is 17.9 Å². The van der Waals surface area contributed by atoms with Gasteiger partial charge >= 0.3 is 0 Å². The summed E-state index contributed by atoms with van der Waals surface area (Å²) in [5.41, 5.74) is 0. The Hall–Kier alpha value is -0.0800. The van der Waals surface area contributed by atoms with Crippen molar-refractivity contribution in [3.8, 4) is 0 Å². The van der Waals surface area contributed by atoms with Crippen molar-refractivity contribution < 1.29 is 0 Å². The van der Waals surface area contributed by atoms with Crippen LogP contribution in [0.3, 0.4) is 0 Å². The van der Waals surface area contributed by atoms with Crippen LogP contribution in [0.25, 0.3) is 0 Å². The van der Waals surface area contributed by atoms with Gasteiger partial charge in [0.15, 0.2) is 0 Å². The van der Waals surface area contributed by atoms with E-state index in [1.165, 1.54) is 58.3 Å². The van der Waals surface area contributed by atoms with Crippen molar-refractivity contribution in [2.24, 2.45) is 11.8 Å². The van der Waals surface area contributed by atoms with Crippen LogP contribution in [0, 0.1) is 11.8 Å². The third-order valence-electron chi connectivity index (χ3n) is 4.37. The van der Waals surface area contributed by atoms with E-state index in [1.807, 2.05) is 0 Å². The van der Waals surface area contributed by atoms with Crippen molar-refractivity contribution in [1.82, 2.24) is 10.2 Å². The molecule has 0 bridgehead atoms. The monoisotopic (exact) mass is 194 g/mol. The van der Waals surface area contributed by atoms with Gasteiger partial charge in [-0.25, -0.2) is 0 Å². The van der Waals surface area contributed by atoms with Crippen LogP contribution in [0.5, 0.6) is 0 Å². The Balaban J connectivity index is 1.52. The second kappa shape index (κ2) is 3.82. The lowest BCUT2D eigenvalue weighted by atomic mass is 9.84. The van der Waals surface area contributed by atoms with E-state index in [4.69, 9.17) is 0 Å². The zero-order valence-corrected chi connectivity index (χ0v) is 9.04. The molecule has 1 N–H and O–H groups in total. The zero-order chi connectivity index (χ0) is 9.38. The molecule has 3 aliphatic rings. The van der Waals surface area contributed by atoms with Gasteiger partial charge in [-0.05, 0) is 63.6 Å². The van der Waals surface area contributed by atoms with Crippen LogP contribution < -0.4 is 5.32 Å². The van der Waals surface area contributed by atoms with Crippen LogP contribution >= 0.6 is 0 Å². The summed E-state index contributed by atoms with van der Waals surface area (Å²) in [5.74, 6) is 2.08. The SMILES string of the molecule is C1CC(C2CCN(C3CC3)C2)CCN1. The molecule has 0 aromatic carbocycles. The molecule has 2 nitrogen and oxygen atoms in total. The second-order valence-corrected chi connectivity index (χ2v) is 5.36. The molecule has 0 radical (unpaired) electrons. The molecule has 0 aromatic heterocycles. The fourth-order valence-electron chi connectivity index (χ4n) is 3.29. The molecule has 1 unspecified atom stereocenters. The van der Waals surface area contributed by atoms with Crippen molar-refractivity contribution in [3.63, 3.8) is 0 Å². The van der Waals surface area contributed by atoms with Gasteiger partial charge in [-0.1, -0.05) is 0 Å². The number of piperidine rings is 1. The van der Waals surface area contributed by atoms with Gasteiger partial charge in [-0.2, -0.15) is 0 Å². The number of nitrogens with zero attached hydrogens (tertiary/aromatic N) is 1. The molecule has 3 rings (SSSR count). The maximum absolute atomic E-state index is 3.47. The van der Waals surface area contributed by atoms with E-state index in [-0.39, 0.29) is 0 Å². The van der Waals surface area contributed by atoms with Crippen molar-refractivity contribution >= 4 is 0 Å². The summed E-state index contributed by atoms with van der Waals surface area (Å²) in [6.45, 7) is 5.36. The van der Waals surface area contributed by atoms with E-state index in [2.05, 4.69) is 10.2 Å². The molecular formula is C12H22N2. The topological polar surface area (TPSA) is 15.3 Å². The predicted octanol–water partition coefficient (Wildman–Crippen LogP) is 1.47. The molecule has 80 valence electrons. The summed E-state index contributed by atoms with van der Waals surface area (Å²) in [6.07, 6.45) is 7.32. The molecule has 1 aliphatic carbocycles. The normalized spacial score (nSPS) is 36.4. The highest BCUT2D eigenvalue weighted by atomic mass is 15.2. The van der Waals surface area contributed by atoms with Crippen LogP contribution in [-0.2, 0) is 0 Å². The van der Waals surface area contributed by atoms with E-state index in [9.17, 15) is 0 Å².